The number of amides is 1. The van der Waals surface area contributed by atoms with Crippen LogP contribution < -0.4 is 19.6 Å². The number of methoxy groups -OCH3 is 2. The first-order valence-electron chi connectivity index (χ1n) is 7.67. The molecule has 0 spiro atoms. The van der Waals surface area contributed by atoms with Gasteiger partial charge in [-0.15, -0.1) is 0 Å². The van der Waals surface area contributed by atoms with E-state index in [9.17, 15) is 4.79 Å². The average Bonchev–Trinajstić information content (AvgIpc) is 2.63. The number of hydrogen-bond acceptors (Lipinski definition) is 5. The molecule has 0 fully saturated rings. The molecule has 1 amide bonds. The minimum absolute atomic E-state index is 0.362. The molecule has 0 heterocycles. The van der Waals surface area contributed by atoms with Gasteiger partial charge in [-0.1, -0.05) is 27.5 Å². The van der Waals surface area contributed by atoms with Crippen molar-refractivity contribution in [2.45, 2.75) is 6.92 Å². The van der Waals surface area contributed by atoms with E-state index < -0.39 is 5.91 Å². The lowest BCUT2D eigenvalue weighted by Gasteiger charge is -2.11. The lowest BCUT2D eigenvalue weighted by atomic mass is 10.2. The van der Waals surface area contributed by atoms with Crippen LogP contribution in [0.4, 0.5) is 0 Å². The molecule has 0 saturated heterocycles. The molecule has 1 N–H and O–H groups in total. The summed E-state index contributed by atoms with van der Waals surface area (Å²) < 4.78 is 16.7. The van der Waals surface area contributed by atoms with Crippen LogP contribution in [0, 0.1) is 0 Å². The molecule has 2 aromatic carbocycles. The maximum Gasteiger partial charge on any atom is 0.275 e. The van der Waals surface area contributed by atoms with E-state index in [1.807, 2.05) is 6.92 Å². The predicted molar refractivity (Wildman–Crippen MR) is 105 cm³/mol. The molecular weight excluding hydrogens is 424 g/mol. The largest absolute Gasteiger partial charge is 0.496 e. The summed E-state index contributed by atoms with van der Waals surface area (Å²) in [5.74, 6) is 1.01. The van der Waals surface area contributed by atoms with E-state index in [0.717, 1.165) is 4.47 Å². The number of nitrogens with zero attached hydrogens (tertiary/aromatic N) is 1. The molecule has 0 saturated carbocycles. The molecule has 0 aliphatic heterocycles. The second-order valence-electron chi connectivity index (χ2n) is 5.01. The van der Waals surface area contributed by atoms with Gasteiger partial charge in [-0.3, -0.25) is 4.79 Å². The number of ether oxygens (including phenoxy) is 3. The molecule has 0 aliphatic rings. The predicted octanol–water partition coefficient (Wildman–Crippen LogP) is 4.28. The van der Waals surface area contributed by atoms with Crippen molar-refractivity contribution in [3.8, 4) is 17.2 Å². The van der Waals surface area contributed by atoms with E-state index >= 15 is 0 Å². The third kappa shape index (κ3) is 4.89. The molecule has 0 aliphatic carbocycles. The fourth-order valence-corrected chi connectivity index (χ4v) is 2.82. The first-order chi connectivity index (χ1) is 12.5. The highest BCUT2D eigenvalue weighted by Gasteiger charge is 2.13. The second kappa shape index (κ2) is 9.45. The van der Waals surface area contributed by atoms with Crippen LogP contribution in [0.2, 0.25) is 5.02 Å². The van der Waals surface area contributed by atoms with E-state index in [4.69, 9.17) is 25.8 Å². The topological polar surface area (TPSA) is 69.2 Å². The maximum absolute atomic E-state index is 12.3. The lowest BCUT2D eigenvalue weighted by Crippen LogP contribution is -2.18. The van der Waals surface area contributed by atoms with Gasteiger partial charge in [0.1, 0.15) is 5.75 Å². The van der Waals surface area contributed by atoms with E-state index in [-0.39, 0.29) is 0 Å². The molecule has 0 radical (unpaired) electrons. The third-order valence-corrected chi connectivity index (χ3v) is 4.10. The van der Waals surface area contributed by atoms with Crippen molar-refractivity contribution in [3.05, 3.63) is 51.0 Å². The Morgan fingerprint density at radius 3 is 2.62 bits per heavy atom. The van der Waals surface area contributed by atoms with Crippen LogP contribution in [0.25, 0.3) is 0 Å². The molecule has 2 aromatic rings. The monoisotopic (exact) mass is 440 g/mol. The number of halogens is 2. The number of hydrogen-bond donors (Lipinski definition) is 1. The molecule has 26 heavy (non-hydrogen) atoms. The fraction of sp³-hybridized carbons (Fsp3) is 0.222. The van der Waals surface area contributed by atoms with E-state index in [2.05, 4.69) is 26.5 Å². The van der Waals surface area contributed by atoms with Crippen LogP contribution in [-0.2, 0) is 0 Å². The van der Waals surface area contributed by atoms with Gasteiger partial charge in [0, 0.05) is 4.47 Å². The molecule has 8 heteroatoms. The Bertz CT molecular complexity index is 827. The summed E-state index contributed by atoms with van der Waals surface area (Å²) in [5.41, 5.74) is 3.47. The molecule has 0 bridgehead atoms. The van der Waals surface area contributed by atoms with E-state index in [1.165, 1.54) is 20.4 Å². The molecule has 0 aromatic heterocycles. The van der Waals surface area contributed by atoms with Crippen molar-refractivity contribution in [2.24, 2.45) is 5.10 Å². The van der Waals surface area contributed by atoms with E-state index in [1.54, 1.807) is 30.3 Å². The SMILES string of the molecule is CCOc1c(Cl)cc(C=NNC(=O)c2cc(Br)ccc2OC)cc1OC. The molecule has 6 nitrogen and oxygen atoms in total. The Labute approximate surface area is 165 Å². The third-order valence-electron chi connectivity index (χ3n) is 3.33. The summed E-state index contributed by atoms with van der Waals surface area (Å²) in [6, 6.07) is 8.52. The number of carbonyl (C=O) groups excluding carboxylic acids is 1. The Kier molecular flexibility index (Phi) is 7.29. The zero-order valence-electron chi connectivity index (χ0n) is 14.5. The van der Waals surface area contributed by atoms with Gasteiger partial charge in [0.2, 0.25) is 0 Å². The van der Waals surface area contributed by atoms with Gasteiger partial charge in [0.25, 0.3) is 5.91 Å². The minimum Gasteiger partial charge on any atom is -0.496 e. The quantitative estimate of drug-likeness (QED) is 0.514. The van der Waals surface area contributed by atoms with Crippen LogP contribution >= 0.6 is 27.5 Å². The van der Waals surface area contributed by atoms with Crippen LogP contribution in [0.3, 0.4) is 0 Å². The summed E-state index contributed by atoms with van der Waals surface area (Å²) in [6.07, 6.45) is 1.46. The van der Waals surface area contributed by atoms with Crippen molar-refractivity contribution >= 4 is 39.7 Å². The number of carbonyl (C=O) groups is 1. The summed E-state index contributed by atoms with van der Waals surface area (Å²) >= 11 is 9.54. The molecule has 0 unspecified atom stereocenters. The Hall–Kier alpha value is -2.25. The number of hydrazone groups is 1. The molecular formula is C18H18BrClN2O4. The Morgan fingerprint density at radius 2 is 1.96 bits per heavy atom. The zero-order chi connectivity index (χ0) is 19.1. The van der Waals surface area contributed by atoms with Crippen LogP contribution in [-0.4, -0.2) is 32.9 Å². The number of nitrogens with one attached hydrogen (secondary N) is 1. The fourth-order valence-electron chi connectivity index (χ4n) is 2.18. The summed E-state index contributed by atoms with van der Waals surface area (Å²) in [4.78, 5) is 12.3. The smallest absolute Gasteiger partial charge is 0.275 e. The van der Waals surface area contributed by atoms with Crippen molar-refractivity contribution in [2.75, 3.05) is 20.8 Å². The van der Waals surface area contributed by atoms with Crippen molar-refractivity contribution in [1.82, 2.24) is 5.43 Å². The lowest BCUT2D eigenvalue weighted by molar-refractivity contribution is 0.0952. The molecule has 2 rings (SSSR count). The van der Waals surface area contributed by atoms with Crippen molar-refractivity contribution in [1.29, 1.82) is 0 Å². The summed E-state index contributed by atoms with van der Waals surface area (Å²) in [6.45, 7) is 2.32. The Morgan fingerprint density at radius 1 is 1.23 bits per heavy atom. The summed E-state index contributed by atoms with van der Waals surface area (Å²) in [5, 5.41) is 4.36. The van der Waals surface area contributed by atoms with Crippen LogP contribution in [0.1, 0.15) is 22.8 Å². The number of benzene rings is 2. The highest BCUT2D eigenvalue weighted by Crippen LogP contribution is 2.36. The minimum atomic E-state index is -0.400. The maximum atomic E-state index is 12.3. The van der Waals surface area contributed by atoms with Crippen LogP contribution in [0.5, 0.6) is 17.2 Å². The summed E-state index contributed by atoms with van der Waals surface area (Å²) in [7, 11) is 3.02. The number of rotatable bonds is 7. The van der Waals surface area contributed by atoms with Gasteiger partial charge in [-0.05, 0) is 42.8 Å². The standard InChI is InChI=1S/C18H18BrClN2O4/c1-4-26-17-14(20)7-11(8-16(17)25-3)10-21-22-18(23)13-9-12(19)5-6-15(13)24-2/h5-10H,4H2,1-3H3,(H,22,23). The highest BCUT2D eigenvalue weighted by molar-refractivity contribution is 9.10. The normalized spacial score (nSPS) is 10.7. The zero-order valence-corrected chi connectivity index (χ0v) is 16.8. The van der Waals surface area contributed by atoms with Gasteiger partial charge in [-0.25, -0.2) is 5.43 Å². The van der Waals surface area contributed by atoms with Gasteiger partial charge >= 0.3 is 0 Å². The second-order valence-corrected chi connectivity index (χ2v) is 6.33. The van der Waals surface area contributed by atoms with Gasteiger partial charge < -0.3 is 14.2 Å². The van der Waals surface area contributed by atoms with Gasteiger partial charge in [0.15, 0.2) is 11.5 Å². The van der Waals surface area contributed by atoms with Crippen molar-refractivity contribution in [3.63, 3.8) is 0 Å². The highest BCUT2D eigenvalue weighted by atomic mass is 79.9. The Balaban J connectivity index is 2.17. The van der Waals surface area contributed by atoms with Crippen LogP contribution in [0.15, 0.2) is 39.9 Å². The molecule has 138 valence electrons. The van der Waals surface area contributed by atoms with Crippen molar-refractivity contribution < 1.29 is 19.0 Å². The van der Waals surface area contributed by atoms with Gasteiger partial charge in [0.05, 0.1) is 37.6 Å². The average molecular weight is 442 g/mol. The molecule has 0 atom stereocenters. The van der Waals surface area contributed by atoms with E-state index in [0.29, 0.717) is 40.0 Å². The first kappa shape index (κ1) is 20.1. The van der Waals surface area contributed by atoms with Gasteiger partial charge in [-0.2, -0.15) is 5.10 Å². The first-order valence-corrected chi connectivity index (χ1v) is 8.84.